The molecule has 1 fully saturated rings. The lowest BCUT2D eigenvalue weighted by Crippen LogP contribution is -2.45. The van der Waals surface area contributed by atoms with E-state index in [0.29, 0.717) is 5.65 Å². The van der Waals surface area contributed by atoms with Crippen molar-refractivity contribution in [2.75, 3.05) is 12.1 Å². The third kappa shape index (κ3) is 3.34. The van der Waals surface area contributed by atoms with Crippen LogP contribution in [-0.4, -0.2) is 47.4 Å². The zero-order valence-electron chi connectivity index (χ0n) is 12.7. The van der Waals surface area contributed by atoms with Crippen molar-refractivity contribution in [3.63, 3.8) is 0 Å². The van der Waals surface area contributed by atoms with Crippen LogP contribution in [-0.2, 0) is 9.30 Å². The Kier molecular flexibility index (Phi) is 4.26. The lowest BCUT2D eigenvalue weighted by Gasteiger charge is -2.32. The normalized spacial score (nSPS) is 24.9. The smallest absolute Gasteiger partial charge is 0.382 e. The molecular weight excluding hydrogens is 366 g/mol. The first-order valence-corrected chi connectivity index (χ1v) is 9.00. The second-order valence-corrected chi connectivity index (χ2v) is 7.50. The number of nitrogens with two attached hydrogens (primary N) is 1. The van der Waals surface area contributed by atoms with Crippen LogP contribution in [0, 0.1) is 0 Å². The Morgan fingerprint density at radius 3 is 2.76 bits per heavy atom. The SMILES string of the molecule is Nc1ncnc2c1ncn2[C@H]1CC[C@](OCP(=O)(O)O)(C(F)(F)F)C1. The largest absolute Gasteiger partial charge is 0.417 e. The highest BCUT2D eigenvalue weighted by atomic mass is 31.2. The van der Waals surface area contributed by atoms with Gasteiger partial charge in [-0.15, -0.1) is 0 Å². The topological polar surface area (TPSA) is 136 Å². The van der Waals surface area contributed by atoms with E-state index in [1.165, 1.54) is 17.2 Å². The number of alkyl halides is 3. The average Bonchev–Trinajstić information content (AvgIpc) is 3.08. The minimum atomic E-state index is -4.78. The molecule has 2 aromatic rings. The van der Waals surface area contributed by atoms with E-state index in [2.05, 4.69) is 15.0 Å². The maximum Gasteiger partial charge on any atom is 0.417 e. The van der Waals surface area contributed by atoms with Crippen molar-refractivity contribution in [3.05, 3.63) is 12.7 Å². The zero-order valence-corrected chi connectivity index (χ0v) is 13.6. The van der Waals surface area contributed by atoms with Crippen LogP contribution in [0.2, 0.25) is 0 Å². The van der Waals surface area contributed by atoms with Gasteiger partial charge in [-0.2, -0.15) is 13.2 Å². The number of halogens is 3. The fourth-order valence-electron chi connectivity index (χ4n) is 3.04. The highest BCUT2D eigenvalue weighted by molar-refractivity contribution is 7.51. The van der Waals surface area contributed by atoms with Crippen LogP contribution in [0.5, 0.6) is 0 Å². The van der Waals surface area contributed by atoms with Gasteiger partial charge in [0.25, 0.3) is 0 Å². The van der Waals surface area contributed by atoms with E-state index >= 15 is 0 Å². The standard InChI is InChI=1S/C12H15F3N5O4P/c13-12(14,15)11(24-6-25(21,22)23)2-1-7(3-11)20-5-19-8-9(16)17-4-18-10(8)20/h4-5,7H,1-3,6H2,(H2,16,17,18)(H2,21,22,23)/t7-,11+/m0/s1. The minimum absolute atomic E-state index is 0.0794. The first-order chi connectivity index (χ1) is 11.5. The lowest BCUT2D eigenvalue weighted by molar-refractivity contribution is -0.271. The number of ether oxygens (including phenoxy) is 1. The number of hydrogen-bond donors (Lipinski definition) is 3. The summed E-state index contributed by atoms with van der Waals surface area (Å²) in [6.45, 7) is 0. The average molecular weight is 381 g/mol. The molecule has 4 N–H and O–H groups in total. The fourth-order valence-corrected chi connectivity index (χ4v) is 3.45. The molecule has 3 rings (SSSR count). The third-order valence-corrected chi connectivity index (χ3v) is 4.72. The van der Waals surface area contributed by atoms with Crippen molar-refractivity contribution in [1.82, 2.24) is 19.5 Å². The number of nitrogen functional groups attached to an aromatic ring is 1. The van der Waals surface area contributed by atoms with Crippen LogP contribution in [0.15, 0.2) is 12.7 Å². The number of hydrogen-bond acceptors (Lipinski definition) is 6. The summed E-state index contributed by atoms with van der Waals surface area (Å²) in [5, 5.41) is 0. The van der Waals surface area contributed by atoms with Crippen molar-refractivity contribution in [1.29, 1.82) is 0 Å². The van der Waals surface area contributed by atoms with Crippen molar-refractivity contribution < 1.29 is 32.3 Å². The maximum absolute atomic E-state index is 13.5. The van der Waals surface area contributed by atoms with Gasteiger partial charge in [-0.05, 0) is 12.8 Å². The summed E-state index contributed by atoms with van der Waals surface area (Å²) in [6.07, 6.45) is -4.41. The van der Waals surface area contributed by atoms with E-state index in [0.717, 1.165) is 0 Å². The Morgan fingerprint density at radius 1 is 1.40 bits per heavy atom. The summed E-state index contributed by atoms with van der Waals surface area (Å²) in [5.41, 5.74) is 3.61. The first kappa shape index (κ1) is 18.1. The highest BCUT2D eigenvalue weighted by Gasteiger charge is 2.60. The van der Waals surface area contributed by atoms with E-state index < -0.39 is 44.6 Å². The molecule has 2 aromatic heterocycles. The summed E-state index contributed by atoms with van der Waals surface area (Å²) >= 11 is 0. The van der Waals surface area contributed by atoms with Gasteiger partial charge in [-0.25, -0.2) is 15.0 Å². The molecular formula is C12H15F3N5O4P. The predicted octanol–water partition coefficient (Wildman–Crippen LogP) is 1.59. The monoisotopic (exact) mass is 381 g/mol. The summed E-state index contributed by atoms with van der Waals surface area (Å²) in [6, 6.07) is -0.655. The molecule has 0 spiro atoms. The molecule has 0 aliphatic heterocycles. The molecule has 13 heteroatoms. The Hall–Kier alpha value is -1.75. The second kappa shape index (κ2) is 5.90. The van der Waals surface area contributed by atoms with Crippen molar-refractivity contribution in [2.45, 2.75) is 37.1 Å². The molecule has 1 aliphatic rings. The molecule has 25 heavy (non-hydrogen) atoms. The van der Waals surface area contributed by atoms with E-state index in [1.807, 2.05) is 0 Å². The van der Waals surface area contributed by atoms with Gasteiger partial charge in [0.1, 0.15) is 18.2 Å². The molecule has 138 valence electrons. The molecule has 9 nitrogen and oxygen atoms in total. The number of aromatic nitrogens is 4. The summed E-state index contributed by atoms with van der Waals surface area (Å²) in [4.78, 5) is 29.5. The van der Waals surface area contributed by atoms with Gasteiger partial charge in [0.05, 0.1) is 6.33 Å². The third-order valence-electron chi connectivity index (χ3n) is 4.25. The molecule has 2 atom stereocenters. The number of anilines is 1. The highest BCUT2D eigenvalue weighted by Crippen LogP contribution is 2.52. The van der Waals surface area contributed by atoms with Crippen molar-refractivity contribution in [3.8, 4) is 0 Å². The lowest BCUT2D eigenvalue weighted by atomic mass is 10.0. The van der Waals surface area contributed by atoms with Gasteiger partial charge < -0.3 is 24.8 Å². The van der Waals surface area contributed by atoms with Gasteiger partial charge in [0, 0.05) is 12.5 Å². The van der Waals surface area contributed by atoms with E-state index in [1.54, 1.807) is 0 Å². The van der Waals surface area contributed by atoms with Crippen LogP contribution in [0.4, 0.5) is 19.0 Å². The minimum Gasteiger partial charge on any atom is -0.382 e. The number of rotatable bonds is 4. The Balaban J connectivity index is 1.91. The van der Waals surface area contributed by atoms with E-state index in [4.69, 9.17) is 20.3 Å². The molecule has 1 aliphatic carbocycles. The quantitative estimate of drug-likeness (QED) is 0.679. The number of fused-ring (bicyclic) bond motifs is 1. The molecule has 2 heterocycles. The van der Waals surface area contributed by atoms with Gasteiger partial charge in [0.15, 0.2) is 17.1 Å². The Bertz CT molecular complexity index is 838. The molecule has 0 saturated heterocycles. The Labute approximate surface area is 139 Å². The number of imidazole rings is 1. The maximum atomic E-state index is 13.5. The molecule has 0 amide bonds. The Morgan fingerprint density at radius 2 is 2.12 bits per heavy atom. The fraction of sp³-hybridized carbons (Fsp3) is 0.583. The number of nitrogens with zero attached hydrogens (tertiary/aromatic N) is 4. The zero-order chi connectivity index (χ0) is 18.5. The predicted molar refractivity (Wildman–Crippen MR) is 79.4 cm³/mol. The first-order valence-electron chi connectivity index (χ1n) is 7.21. The molecule has 0 unspecified atom stereocenters. The molecule has 0 aromatic carbocycles. The summed E-state index contributed by atoms with van der Waals surface area (Å²) in [7, 11) is -4.73. The van der Waals surface area contributed by atoms with E-state index in [9.17, 15) is 17.7 Å². The van der Waals surface area contributed by atoms with Crippen molar-refractivity contribution >= 4 is 24.6 Å². The molecule has 1 saturated carbocycles. The van der Waals surface area contributed by atoms with Gasteiger partial charge in [-0.3, -0.25) is 4.57 Å². The van der Waals surface area contributed by atoms with Crippen LogP contribution < -0.4 is 5.73 Å². The van der Waals surface area contributed by atoms with Crippen LogP contribution >= 0.6 is 7.60 Å². The van der Waals surface area contributed by atoms with Crippen molar-refractivity contribution in [2.24, 2.45) is 0 Å². The van der Waals surface area contributed by atoms with E-state index in [-0.39, 0.29) is 17.8 Å². The van der Waals surface area contributed by atoms with Gasteiger partial charge in [-0.1, -0.05) is 0 Å². The van der Waals surface area contributed by atoms with Gasteiger partial charge >= 0.3 is 13.8 Å². The second-order valence-electron chi connectivity index (χ2n) is 5.91. The van der Waals surface area contributed by atoms with Gasteiger partial charge in [0.2, 0.25) is 0 Å². The molecule has 0 radical (unpaired) electrons. The van der Waals surface area contributed by atoms with Crippen LogP contribution in [0.3, 0.4) is 0 Å². The van der Waals surface area contributed by atoms with Crippen LogP contribution in [0.1, 0.15) is 25.3 Å². The summed E-state index contributed by atoms with van der Waals surface area (Å²) in [5.74, 6) is 0.113. The molecule has 0 bridgehead atoms. The summed E-state index contributed by atoms with van der Waals surface area (Å²) < 4.78 is 57.7. The van der Waals surface area contributed by atoms with Crippen LogP contribution in [0.25, 0.3) is 11.2 Å².